The van der Waals surface area contributed by atoms with Crippen LogP contribution in [-0.4, -0.2) is 67.3 Å². The van der Waals surface area contributed by atoms with E-state index >= 15 is 0 Å². The lowest BCUT2D eigenvalue weighted by atomic mass is 10.2. The number of para-hydroxylation sites is 1. The fraction of sp³-hybridized carbons (Fsp3) is 0.400. The van der Waals surface area contributed by atoms with Crippen molar-refractivity contribution in [1.29, 1.82) is 0 Å². The number of ether oxygens (including phenoxy) is 3. The number of anilines is 1. The predicted octanol–water partition coefficient (Wildman–Crippen LogP) is 1.20. The zero-order chi connectivity index (χ0) is 24.0. The molecule has 2 aromatic carbocycles. The van der Waals surface area contributed by atoms with Gasteiger partial charge in [-0.05, 0) is 24.3 Å². The number of fused-ring (bicyclic) bond motifs is 2. The van der Waals surface area contributed by atoms with Crippen LogP contribution < -0.4 is 25.2 Å². The highest BCUT2D eigenvalue weighted by molar-refractivity contribution is 7.99. The van der Waals surface area contributed by atoms with Crippen molar-refractivity contribution in [3.8, 4) is 11.5 Å². The number of thioether (sulfide) groups is 1. The number of hydrogen-bond acceptors (Lipinski definition) is 7. The van der Waals surface area contributed by atoms with Crippen molar-refractivity contribution in [3.05, 3.63) is 52.8 Å². The van der Waals surface area contributed by atoms with Gasteiger partial charge in [-0.2, -0.15) is 0 Å². The average Bonchev–Trinajstić information content (AvgIpc) is 2.89. The molecule has 0 spiro atoms. The minimum Gasteiger partial charge on any atom is -0.486 e. The largest absolute Gasteiger partial charge is 0.486 e. The first kappa shape index (κ1) is 23.7. The van der Waals surface area contributed by atoms with Gasteiger partial charge in [0, 0.05) is 24.7 Å². The quantitative estimate of drug-likeness (QED) is 0.357. The summed E-state index contributed by atoms with van der Waals surface area (Å²) in [6.45, 7) is 6.09. The van der Waals surface area contributed by atoms with Crippen LogP contribution in [0.1, 0.15) is 6.42 Å². The third-order valence-corrected chi connectivity index (χ3v) is 7.07. The number of nitrogens with one attached hydrogen (secondary N) is 2. The van der Waals surface area contributed by atoms with Crippen molar-refractivity contribution in [2.75, 3.05) is 57.1 Å². The second kappa shape index (κ2) is 11.1. The second-order valence-electron chi connectivity index (χ2n) is 8.53. The van der Waals surface area contributed by atoms with E-state index in [4.69, 9.17) is 19.2 Å². The number of carbonyl (C=O) groups is 1. The van der Waals surface area contributed by atoms with Gasteiger partial charge in [0.1, 0.15) is 26.3 Å². The highest BCUT2D eigenvalue weighted by Gasteiger charge is 2.17. The maximum Gasteiger partial charge on any atom is 0.262 e. The summed E-state index contributed by atoms with van der Waals surface area (Å²) < 4.78 is 18.3. The first-order valence-electron chi connectivity index (χ1n) is 11.9. The maximum atomic E-state index is 13.3. The molecule has 0 aliphatic carbocycles. The molecule has 0 atom stereocenters. The topological polar surface area (TPSA) is 96.1 Å². The third-order valence-electron chi connectivity index (χ3n) is 6.10. The number of benzene rings is 2. The number of morpholine rings is 1. The molecule has 3 aromatic rings. The van der Waals surface area contributed by atoms with E-state index in [-0.39, 0.29) is 17.2 Å². The Morgan fingerprint density at radius 1 is 1.06 bits per heavy atom. The van der Waals surface area contributed by atoms with Gasteiger partial charge in [0.15, 0.2) is 16.7 Å². The Morgan fingerprint density at radius 3 is 2.71 bits per heavy atom. The fourth-order valence-corrected chi connectivity index (χ4v) is 5.13. The molecule has 2 N–H and O–H groups in total. The zero-order valence-corrected chi connectivity index (χ0v) is 20.3. The molecule has 1 aromatic heterocycles. The van der Waals surface area contributed by atoms with Gasteiger partial charge in [-0.25, -0.2) is 4.98 Å². The van der Waals surface area contributed by atoms with Gasteiger partial charge in [0.2, 0.25) is 5.91 Å². The van der Waals surface area contributed by atoms with Crippen molar-refractivity contribution in [2.24, 2.45) is 0 Å². The molecule has 2 aliphatic rings. The van der Waals surface area contributed by atoms with Gasteiger partial charge in [-0.15, -0.1) is 0 Å². The zero-order valence-electron chi connectivity index (χ0n) is 19.5. The number of hydrogen-bond donors (Lipinski definition) is 2. The van der Waals surface area contributed by atoms with Crippen LogP contribution in [0.2, 0.25) is 0 Å². The van der Waals surface area contributed by atoms with Crippen molar-refractivity contribution < 1.29 is 23.9 Å². The summed E-state index contributed by atoms with van der Waals surface area (Å²) in [5.41, 5.74) is 1.21. The molecule has 1 fully saturated rings. The maximum absolute atomic E-state index is 13.3. The van der Waals surface area contributed by atoms with E-state index in [0.717, 1.165) is 39.3 Å². The summed E-state index contributed by atoms with van der Waals surface area (Å²) in [6, 6.07) is 12.7. The van der Waals surface area contributed by atoms with Gasteiger partial charge >= 0.3 is 0 Å². The molecule has 184 valence electrons. The van der Waals surface area contributed by atoms with Crippen molar-refractivity contribution >= 4 is 34.3 Å². The Balaban J connectivity index is 1.27. The predicted molar refractivity (Wildman–Crippen MR) is 134 cm³/mol. The van der Waals surface area contributed by atoms with Crippen LogP contribution in [-0.2, 0) is 16.1 Å². The number of carbonyl (C=O) groups excluding carboxylic acids is 1. The molecule has 0 saturated carbocycles. The summed E-state index contributed by atoms with van der Waals surface area (Å²) in [4.78, 5) is 32.2. The molecule has 5 rings (SSSR count). The van der Waals surface area contributed by atoms with E-state index in [1.54, 1.807) is 28.8 Å². The summed E-state index contributed by atoms with van der Waals surface area (Å²) in [5, 5.41) is 4.05. The second-order valence-corrected chi connectivity index (χ2v) is 9.47. The fourth-order valence-electron chi connectivity index (χ4n) is 4.30. The highest BCUT2D eigenvalue weighted by Crippen LogP contribution is 2.32. The molecular weight excluding hydrogens is 468 g/mol. The molecule has 0 unspecified atom stereocenters. The summed E-state index contributed by atoms with van der Waals surface area (Å²) in [7, 11) is 0. The highest BCUT2D eigenvalue weighted by atomic mass is 32.2. The van der Waals surface area contributed by atoms with Crippen LogP contribution in [0.15, 0.2) is 52.4 Å². The average molecular weight is 498 g/mol. The van der Waals surface area contributed by atoms with Crippen LogP contribution in [0.25, 0.3) is 10.9 Å². The molecule has 1 amide bonds. The Labute approximate surface area is 207 Å². The van der Waals surface area contributed by atoms with Crippen LogP contribution in [0.5, 0.6) is 11.5 Å². The van der Waals surface area contributed by atoms with E-state index in [2.05, 4.69) is 5.32 Å². The van der Waals surface area contributed by atoms with Crippen LogP contribution in [0.3, 0.4) is 0 Å². The van der Waals surface area contributed by atoms with Gasteiger partial charge in [0.25, 0.3) is 5.56 Å². The van der Waals surface area contributed by atoms with E-state index < -0.39 is 0 Å². The first-order chi connectivity index (χ1) is 17.2. The molecule has 2 aliphatic heterocycles. The number of nitrogens with zero attached hydrogens (tertiary/aromatic N) is 2. The van der Waals surface area contributed by atoms with Gasteiger partial charge in [-0.1, -0.05) is 23.9 Å². The van der Waals surface area contributed by atoms with Gasteiger partial charge < -0.3 is 24.4 Å². The normalized spacial score (nSPS) is 15.8. The first-order valence-corrected chi connectivity index (χ1v) is 12.9. The smallest absolute Gasteiger partial charge is 0.262 e. The van der Waals surface area contributed by atoms with Crippen molar-refractivity contribution in [2.45, 2.75) is 18.1 Å². The van der Waals surface area contributed by atoms with Crippen LogP contribution >= 0.6 is 11.8 Å². The van der Waals surface area contributed by atoms with E-state index in [1.807, 2.05) is 18.2 Å². The molecule has 0 radical (unpaired) electrons. The van der Waals surface area contributed by atoms with E-state index in [1.165, 1.54) is 16.7 Å². The summed E-state index contributed by atoms with van der Waals surface area (Å²) in [5.74, 6) is 1.24. The monoisotopic (exact) mass is 497 g/mol. The molecule has 0 bridgehead atoms. The van der Waals surface area contributed by atoms with Gasteiger partial charge in [0.05, 0.1) is 36.4 Å². The molecule has 10 heteroatoms. The van der Waals surface area contributed by atoms with Crippen LogP contribution in [0, 0.1) is 0 Å². The Bertz CT molecular complexity index is 1260. The van der Waals surface area contributed by atoms with Crippen LogP contribution in [0.4, 0.5) is 5.69 Å². The molecule has 35 heavy (non-hydrogen) atoms. The Morgan fingerprint density at radius 2 is 1.86 bits per heavy atom. The Hall–Kier alpha value is -3.08. The number of aromatic nitrogens is 2. The number of rotatable bonds is 8. The molecule has 3 heterocycles. The van der Waals surface area contributed by atoms with Crippen molar-refractivity contribution in [3.63, 3.8) is 0 Å². The molecule has 9 nitrogen and oxygen atoms in total. The van der Waals surface area contributed by atoms with E-state index in [9.17, 15) is 9.59 Å². The summed E-state index contributed by atoms with van der Waals surface area (Å²) >= 11 is 1.28. The SMILES string of the molecule is O=C(CSc1nc2ccccc2c(=O)n1CCC[NH+]1CCOCC1)Nc1ccc2c(c1)OCCO2. The lowest BCUT2D eigenvalue weighted by Crippen LogP contribution is -3.14. The van der Waals surface area contributed by atoms with Gasteiger partial charge in [-0.3, -0.25) is 14.2 Å². The molecule has 1 saturated heterocycles. The standard InChI is InChI=1S/C25H28N4O5S/c30-23(26-18-6-7-21-22(16-18)34-15-14-33-21)17-35-25-27-20-5-2-1-4-19(20)24(31)29(25)9-3-8-28-10-12-32-13-11-28/h1-2,4-7,16H,3,8-15,17H2,(H,26,30)/p+1. The van der Waals surface area contributed by atoms with Crippen molar-refractivity contribution in [1.82, 2.24) is 9.55 Å². The lowest BCUT2D eigenvalue weighted by Gasteiger charge is -2.24. The Kier molecular flexibility index (Phi) is 7.51. The third kappa shape index (κ3) is 5.77. The number of quaternary nitrogens is 1. The lowest BCUT2D eigenvalue weighted by molar-refractivity contribution is -0.908. The molecular formula is C25H29N4O5S+. The minimum atomic E-state index is -0.182. The summed E-state index contributed by atoms with van der Waals surface area (Å²) in [6.07, 6.45) is 0.853. The van der Waals surface area contributed by atoms with E-state index in [0.29, 0.717) is 53.0 Å². The minimum absolute atomic E-state index is 0.0673. The number of amides is 1.